The lowest BCUT2D eigenvalue weighted by molar-refractivity contribution is -0.137. The van der Waals surface area contributed by atoms with Crippen molar-refractivity contribution in [2.24, 2.45) is 0 Å². The van der Waals surface area contributed by atoms with Gasteiger partial charge in [-0.2, -0.15) is 13.2 Å². The Morgan fingerprint density at radius 3 is 2.39 bits per heavy atom. The summed E-state index contributed by atoms with van der Waals surface area (Å²) in [6.45, 7) is 4.41. The molecule has 3 rings (SSSR count). The molecule has 0 fully saturated rings. The van der Waals surface area contributed by atoms with Crippen LogP contribution in [0.5, 0.6) is 0 Å². The van der Waals surface area contributed by atoms with E-state index in [0.717, 1.165) is 23.4 Å². The van der Waals surface area contributed by atoms with Crippen LogP contribution in [0.3, 0.4) is 0 Å². The molecule has 7 heteroatoms. The number of nitrogens with zero attached hydrogens (tertiary/aromatic N) is 2. The molecular weight excluding hydrogens is 385 g/mol. The van der Waals surface area contributed by atoms with Gasteiger partial charge in [0.05, 0.1) is 17.7 Å². The SMILES string of the molecule is CCN(C(=O)Cc1csc(-c2ccc(C(F)(F)F)cc2)n1)c1ccccc1C. The number of aromatic nitrogens is 1. The van der Waals surface area contributed by atoms with Gasteiger partial charge in [0.2, 0.25) is 5.91 Å². The molecule has 1 aromatic heterocycles. The molecule has 0 N–H and O–H groups in total. The van der Waals surface area contributed by atoms with E-state index in [1.54, 1.807) is 10.3 Å². The number of benzene rings is 2. The monoisotopic (exact) mass is 404 g/mol. The predicted molar refractivity (Wildman–Crippen MR) is 105 cm³/mol. The summed E-state index contributed by atoms with van der Waals surface area (Å²) in [5.74, 6) is -0.0685. The van der Waals surface area contributed by atoms with Crippen molar-refractivity contribution in [3.8, 4) is 10.6 Å². The molecular formula is C21H19F3N2OS. The van der Waals surface area contributed by atoms with E-state index in [0.29, 0.717) is 22.8 Å². The van der Waals surface area contributed by atoms with Gasteiger partial charge in [0.15, 0.2) is 0 Å². The largest absolute Gasteiger partial charge is 0.416 e. The molecule has 0 bridgehead atoms. The molecule has 3 aromatic rings. The van der Waals surface area contributed by atoms with Crippen molar-refractivity contribution in [1.82, 2.24) is 4.98 Å². The molecule has 0 unspecified atom stereocenters. The van der Waals surface area contributed by atoms with Crippen LogP contribution in [0.1, 0.15) is 23.7 Å². The van der Waals surface area contributed by atoms with Crippen LogP contribution >= 0.6 is 11.3 Å². The number of amides is 1. The fourth-order valence-corrected chi connectivity index (χ4v) is 3.75. The van der Waals surface area contributed by atoms with Crippen molar-refractivity contribution >= 4 is 22.9 Å². The van der Waals surface area contributed by atoms with Gasteiger partial charge in [-0.25, -0.2) is 4.98 Å². The number of alkyl halides is 3. The number of anilines is 1. The summed E-state index contributed by atoms with van der Waals surface area (Å²) in [5.41, 5.74) is 2.40. The molecule has 146 valence electrons. The molecule has 0 saturated carbocycles. The highest BCUT2D eigenvalue weighted by atomic mass is 32.1. The van der Waals surface area contributed by atoms with E-state index in [1.807, 2.05) is 38.1 Å². The second-order valence-corrected chi connectivity index (χ2v) is 7.18. The van der Waals surface area contributed by atoms with Crippen LogP contribution in [0.25, 0.3) is 10.6 Å². The van der Waals surface area contributed by atoms with E-state index in [2.05, 4.69) is 4.98 Å². The molecule has 3 nitrogen and oxygen atoms in total. The fourth-order valence-electron chi connectivity index (χ4n) is 2.92. The van der Waals surface area contributed by atoms with Gasteiger partial charge in [-0.3, -0.25) is 4.79 Å². The van der Waals surface area contributed by atoms with Gasteiger partial charge in [0.1, 0.15) is 5.01 Å². The van der Waals surface area contributed by atoms with Gasteiger partial charge in [0, 0.05) is 23.2 Å². The van der Waals surface area contributed by atoms with Crippen molar-refractivity contribution in [2.45, 2.75) is 26.4 Å². The third kappa shape index (κ3) is 4.42. The van der Waals surface area contributed by atoms with E-state index in [1.165, 1.54) is 23.5 Å². The van der Waals surface area contributed by atoms with Gasteiger partial charge in [-0.05, 0) is 37.6 Å². The molecule has 2 aromatic carbocycles. The van der Waals surface area contributed by atoms with Crippen molar-refractivity contribution in [3.05, 3.63) is 70.7 Å². The summed E-state index contributed by atoms with van der Waals surface area (Å²) in [6.07, 6.45) is -4.22. The number of carbonyl (C=O) groups excluding carboxylic acids is 1. The smallest absolute Gasteiger partial charge is 0.312 e. The van der Waals surface area contributed by atoms with E-state index in [4.69, 9.17) is 0 Å². The van der Waals surface area contributed by atoms with Crippen molar-refractivity contribution < 1.29 is 18.0 Å². The Kier molecular flexibility index (Phi) is 5.84. The number of halogens is 3. The summed E-state index contributed by atoms with van der Waals surface area (Å²) < 4.78 is 38.1. The second kappa shape index (κ2) is 8.14. The lowest BCUT2D eigenvalue weighted by Gasteiger charge is -2.22. The van der Waals surface area contributed by atoms with Crippen LogP contribution in [0, 0.1) is 6.92 Å². The first kappa shape index (κ1) is 20.1. The minimum absolute atomic E-state index is 0.0685. The molecule has 1 amide bonds. The maximum Gasteiger partial charge on any atom is 0.416 e. The van der Waals surface area contributed by atoms with Gasteiger partial charge >= 0.3 is 6.18 Å². The van der Waals surface area contributed by atoms with Crippen LogP contribution in [0.2, 0.25) is 0 Å². The van der Waals surface area contributed by atoms with Gasteiger partial charge in [0.25, 0.3) is 0 Å². The Labute approximate surface area is 165 Å². The minimum Gasteiger partial charge on any atom is -0.312 e. The van der Waals surface area contributed by atoms with Crippen LogP contribution in [-0.2, 0) is 17.4 Å². The first-order chi connectivity index (χ1) is 13.3. The maximum atomic E-state index is 12.8. The number of thiazole rings is 1. The third-order valence-electron chi connectivity index (χ3n) is 4.37. The number of rotatable bonds is 5. The maximum absolute atomic E-state index is 12.8. The lowest BCUT2D eigenvalue weighted by atomic mass is 10.1. The third-order valence-corrected chi connectivity index (χ3v) is 5.31. The number of carbonyl (C=O) groups is 1. The highest BCUT2D eigenvalue weighted by molar-refractivity contribution is 7.13. The molecule has 0 aliphatic carbocycles. The Hall–Kier alpha value is -2.67. The molecule has 0 aliphatic rings. The molecule has 28 heavy (non-hydrogen) atoms. The standard InChI is InChI=1S/C21H19F3N2OS/c1-3-26(18-7-5-4-6-14(18)2)19(27)12-17-13-28-20(25-17)15-8-10-16(11-9-15)21(22,23)24/h4-11,13H,3,12H2,1-2H3. The first-order valence-electron chi connectivity index (χ1n) is 8.77. The number of likely N-dealkylation sites (N-methyl/N-ethyl adjacent to an activating group) is 1. The second-order valence-electron chi connectivity index (χ2n) is 6.32. The summed E-state index contributed by atoms with van der Waals surface area (Å²) in [6, 6.07) is 12.6. The molecule has 0 atom stereocenters. The Morgan fingerprint density at radius 2 is 1.79 bits per heavy atom. The normalized spacial score (nSPS) is 11.5. The quantitative estimate of drug-likeness (QED) is 0.544. The van der Waals surface area contributed by atoms with E-state index in [-0.39, 0.29) is 12.3 Å². The van der Waals surface area contributed by atoms with E-state index < -0.39 is 11.7 Å². The minimum atomic E-state index is -4.36. The lowest BCUT2D eigenvalue weighted by Crippen LogP contribution is -2.32. The highest BCUT2D eigenvalue weighted by Crippen LogP contribution is 2.32. The zero-order chi connectivity index (χ0) is 20.3. The average Bonchev–Trinajstić information content (AvgIpc) is 3.12. The van der Waals surface area contributed by atoms with Crippen molar-refractivity contribution in [3.63, 3.8) is 0 Å². The average molecular weight is 404 g/mol. The number of hydrogen-bond donors (Lipinski definition) is 0. The molecule has 0 radical (unpaired) electrons. The molecule has 0 spiro atoms. The zero-order valence-electron chi connectivity index (χ0n) is 15.5. The van der Waals surface area contributed by atoms with Crippen molar-refractivity contribution in [1.29, 1.82) is 0 Å². The van der Waals surface area contributed by atoms with Gasteiger partial charge in [-0.15, -0.1) is 11.3 Å². The van der Waals surface area contributed by atoms with Gasteiger partial charge in [-0.1, -0.05) is 30.3 Å². The van der Waals surface area contributed by atoms with E-state index >= 15 is 0 Å². The van der Waals surface area contributed by atoms with Gasteiger partial charge < -0.3 is 4.90 Å². The first-order valence-corrected chi connectivity index (χ1v) is 9.65. The summed E-state index contributed by atoms with van der Waals surface area (Å²) in [5, 5.41) is 2.37. The molecule has 0 saturated heterocycles. The molecule has 1 heterocycles. The van der Waals surface area contributed by atoms with Crippen LogP contribution in [0.15, 0.2) is 53.9 Å². The Morgan fingerprint density at radius 1 is 1.11 bits per heavy atom. The number of hydrogen-bond acceptors (Lipinski definition) is 3. The number of para-hydroxylation sites is 1. The number of aryl methyl sites for hydroxylation is 1. The topological polar surface area (TPSA) is 33.2 Å². The predicted octanol–water partition coefficient (Wildman–Crippen LogP) is 5.73. The summed E-state index contributed by atoms with van der Waals surface area (Å²) >= 11 is 1.31. The van der Waals surface area contributed by atoms with Crippen LogP contribution < -0.4 is 4.90 Å². The highest BCUT2D eigenvalue weighted by Gasteiger charge is 2.30. The zero-order valence-corrected chi connectivity index (χ0v) is 16.3. The summed E-state index contributed by atoms with van der Waals surface area (Å²) in [7, 11) is 0. The van der Waals surface area contributed by atoms with E-state index in [9.17, 15) is 18.0 Å². The van der Waals surface area contributed by atoms with Crippen molar-refractivity contribution in [2.75, 3.05) is 11.4 Å². The molecule has 0 aliphatic heterocycles. The summed E-state index contributed by atoms with van der Waals surface area (Å²) in [4.78, 5) is 18.9. The Bertz CT molecular complexity index is 964. The van der Waals surface area contributed by atoms with Crippen LogP contribution in [0.4, 0.5) is 18.9 Å². The fraction of sp³-hybridized carbons (Fsp3) is 0.238. The Balaban J connectivity index is 1.75. The van der Waals surface area contributed by atoms with Crippen LogP contribution in [-0.4, -0.2) is 17.4 Å².